The molecule has 1 aromatic carbocycles. The van der Waals surface area contributed by atoms with Gasteiger partial charge < -0.3 is 0 Å². The highest BCUT2D eigenvalue weighted by molar-refractivity contribution is 7.80. The summed E-state index contributed by atoms with van der Waals surface area (Å²) in [6, 6.07) is 10.5. The van der Waals surface area contributed by atoms with Gasteiger partial charge in [0.15, 0.2) is 0 Å². The summed E-state index contributed by atoms with van der Waals surface area (Å²) < 4.78 is 0. The van der Waals surface area contributed by atoms with Crippen molar-refractivity contribution < 1.29 is 0 Å². The zero-order valence-electron chi connectivity index (χ0n) is 15.4. The topological polar surface area (TPSA) is 0 Å². The Balaban J connectivity index is 0. The van der Waals surface area contributed by atoms with Crippen molar-refractivity contribution in [3.05, 3.63) is 48.0 Å². The maximum absolute atomic E-state index is 4.05. The fourth-order valence-electron chi connectivity index (χ4n) is 1.73. The second-order valence-corrected chi connectivity index (χ2v) is 5.84. The van der Waals surface area contributed by atoms with E-state index in [0.717, 1.165) is 12.2 Å². The summed E-state index contributed by atoms with van der Waals surface area (Å²) in [6.45, 7) is 8.71. The highest BCUT2D eigenvalue weighted by Gasteiger charge is 1.83. The predicted octanol–water partition coefficient (Wildman–Crippen LogP) is 7.50. The van der Waals surface area contributed by atoms with Gasteiger partial charge in [-0.2, -0.15) is 12.6 Å². The molecule has 0 fully saturated rings. The molecule has 0 aliphatic heterocycles. The maximum atomic E-state index is 4.05. The van der Waals surface area contributed by atoms with Crippen molar-refractivity contribution in [3.63, 3.8) is 0 Å². The molecule has 128 valence electrons. The summed E-state index contributed by atoms with van der Waals surface area (Å²) in [5.74, 6) is 1.05. The molecule has 0 saturated heterocycles. The molecule has 0 aliphatic carbocycles. The van der Waals surface area contributed by atoms with Gasteiger partial charge in [0.25, 0.3) is 0 Å². The van der Waals surface area contributed by atoms with Gasteiger partial charge in [0.05, 0.1) is 0 Å². The molecular formula is C21H38S. The van der Waals surface area contributed by atoms with Gasteiger partial charge in [-0.15, -0.1) is 0 Å². The van der Waals surface area contributed by atoms with Gasteiger partial charge in [0.2, 0.25) is 0 Å². The van der Waals surface area contributed by atoms with Crippen LogP contribution in [0.15, 0.2) is 42.5 Å². The van der Waals surface area contributed by atoms with Gasteiger partial charge in [-0.25, -0.2) is 0 Å². The molecule has 0 amide bonds. The second kappa shape index (κ2) is 22.6. The average molecular weight is 323 g/mol. The minimum atomic E-state index is 1.05. The average Bonchev–Trinajstić information content (AvgIpc) is 2.58. The molecule has 1 aromatic rings. The van der Waals surface area contributed by atoms with Crippen LogP contribution < -0.4 is 0 Å². The minimum absolute atomic E-state index is 1.05. The molecule has 0 N–H and O–H groups in total. The molecule has 0 saturated carbocycles. The third kappa shape index (κ3) is 21.6. The first-order valence-electron chi connectivity index (χ1n) is 9.02. The van der Waals surface area contributed by atoms with Gasteiger partial charge in [-0.3, -0.25) is 0 Å². The van der Waals surface area contributed by atoms with Crippen LogP contribution in [0.3, 0.4) is 0 Å². The Morgan fingerprint density at radius 1 is 0.818 bits per heavy atom. The Hall–Kier alpha value is -0.690. The van der Waals surface area contributed by atoms with E-state index in [9.17, 15) is 0 Å². The van der Waals surface area contributed by atoms with Gasteiger partial charge in [0.1, 0.15) is 0 Å². The molecule has 0 aliphatic rings. The minimum Gasteiger partial charge on any atom is -0.179 e. The number of unbranched alkanes of at least 4 members (excludes halogenated alkanes) is 5. The summed E-state index contributed by atoms with van der Waals surface area (Å²) in [7, 11) is 0. The Labute approximate surface area is 145 Å². The summed E-state index contributed by atoms with van der Waals surface area (Å²) >= 11 is 4.05. The Morgan fingerprint density at radius 3 is 1.68 bits per heavy atom. The van der Waals surface area contributed by atoms with E-state index in [1.165, 1.54) is 50.5 Å². The Bertz CT molecular complexity index is 287. The third-order valence-electron chi connectivity index (χ3n) is 3.15. The van der Waals surface area contributed by atoms with Crippen LogP contribution in [0.1, 0.15) is 78.2 Å². The number of thiol groups is 1. The van der Waals surface area contributed by atoms with Crippen LogP contribution in [0.4, 0.5) is 0 Å². The van der Waals surface area contributed by atoms with Crippen molar-refractivity contribution in [1.82, 2.24) is 0 Å². The normalized spacial score (nSPS) is 9.68. The smallest absolute Gasteiger partial charge is 0.00976 e. The van der Waals surface area contributed by atoms with Crippen molar-refractivity contribution in [3.8, 4) is 0 Å². The zero-order chi connectivity index (χ0) is 16.9. The van der Waals surface area contributed by atoms with Crippen molar-refractivity contribution in [2.24, 2.45) is 0 Å². The van der Waals surface area contributed by atoms with E-state index in [1.807, 2.05) is 13.0 Å². The van der Waals surface area contributed by atoms with Crippen molar-refractivity contribution in [2.75, 3.05) is 5.75 Å². The van der Waals surface area contributed by atoms with Crippen molar-refractivity contribution in [1.29, 1.82) is 0 Å². The van der Waals surface area contributed by atoms with Crippen LogP contribution in [0.25, 0.3) is 0 Å². The first-order chi connectivity index (χ1) is 10.8. The molecule has 1 rings (SSSR count). The van der Waals surface area contributed by atoms with E-state index in [2.05, 4.69) is 69.8 Å². The summed E-state index contributed by atoms with van der Waals surface area (Å²) in [4.78, 5) is 0. The first-order valence-corrected chi connectivity index (χ1v) is 9.65. The predicted molar refractivity (Wildman–Crippen MR) is 108 cm³/mol. The van der Waals surface area contributed by atoms with Crippen LogP contribution in [0.5, 0.6) is 0 Å². The summed E-state index contributed by atoms with van der Waals surface area (Å²) in [5.41, 5.74) is 1.38. The summed E-state index contributed by atoms with van der Waals surface area (Å²) in [6.07, 6.45) is 14.7. The zero-order valence-corrected chi connectivity index (χ0v) is 16.2. The highest BCUT2D eigenvalue weighted by Crippen LogP contribution is 1.99. The van der Waals surface area contributed by atoms with E-state index in [0.29, 0.717) is 0 Å². The number of hydrogen-bond acceptors (Lipinski definition) is 1. The Kier molecular flexibility index (Phi) is 24.2. The van der Waals surface area contributed by atoms with Crippen LogP contribution in [0.2, 0.25) is 0 Å². The Morgan fingerprint density at radius 2 is 1.32 bits per heavy atom. The lowest BCUT2D eigenvalue weighted by Gasteiger charge is -1.92. The van der Waals surface area contributed by atoms with Gasteiger partial charge in [0, 0.05) is 0 Å². The van der Waals surface area contributed by atoms with Crippen LogP contribution in [0, 0.1) is 0 Å². The first kappa shape index (κ1) is 23.6. The SMILES string of the molecule is C/C=C\Cc1ccccc1.CCCCCC.CCCCCS. The molecule has 0 heterocycles. The quantitative estimate of drug-likeness (QED) is 0.286. The molecule has 0 atom stereocenters. The lowest BCUT2D eigenvalue weighted by atomic mass is 10.1. The van der Waals surface area contributed by atoms with E-state index in [-0.39, 0.29) is 0 Å². The van der Waals surface area contributed by atoms with Gasteiger partial charge in [-0.1, -0.05) is 102 Å². The van der Waals surface area contributed by atoms with Crippen molar-refractivity contribution in [2.45, 2.75) is 79.1 Å². The maximum Gasteiger partial charge on any atom is -0.00976 e. The largest absolute Gasteiger partial charge is 0.179 e. The molecule has 0 unspecified atom stereocenters. The molecule has 1 heteroatoms. The van der Waals surface area contributed by atoms with E-state index in [4.69, 9.17) is 0 Å². The molecule has 0 spiro atoms. The lowest BCUT2D eigenvalue weighted by molar-refractivity contribution is 0.702. The van der Waals surface area contributed by atoms with Gasteiger partial charge in [-0.05, 0) is 31.1 Å². The highest BCUT2D eigenvalue weighted by atomic mass is 32.1. The molecule has 0 nitrogen and oxygen atoms in total. The second-order valence-electron chi connectivity index (χ2n) is 5.40. The number of allylic oxidation sites excluding steroid dienone is 2. The summed E-state index contributed by atoms with van der Waals surface area (Å²) in [5, 5.41) is 0. The van der Waals surface area contributed by atoms with E-state index in [1.54, 1.807) is 0 Å². The van der Waals surface area contributed by atoms with Crippen LogP contribution in [-0.2, 0) is 6.42 Å². The van der Waals surface area contributed by atoms with Crippen LogP contribution in [-0.4, -0.2) is 5.75 Å². The number of hydrogen-bond donors (Lipinski definition) is 1. The van der Waals surface area contributed by atoms with E-state index >= 15 is 0 Å². The molecule has 0 bridgehead atoms. The fraction of sp³-hybridized carbons (Fsp3) is 0.619. The molecule has 0 radical (unpaired) electrons. The van der Waals surface area contributed by atoms with Crippen LogP contribution >= 0.6 is 12.6 Å². The number of rotatable bonds is 8. The third-order valence-corrected chi connectivity index (χ3v) is 3.47. The number of benzene rings is 1. The fourth-order valence-corrected chi connectivity index (χ4v) is 1.95. The van der Waals surface area contributed by atoms with Gasteiger partial charge >= 0.3 is 0 Å². The lowest BCUT2D eigenvalue weighted by Crippen LogP contribution is -1.76. The molecule has 22 heavy (non-hydrogen) atoms. The van der Waals surface area contributed by atoms with E-state index < -0.39 is 0 Å². The molecular weight excluding hydrogens is 284 g/mol. The van der Waals surface area contributed by atoms with Crippen molar-refractivity contribution >= 4 is 12.6 Å². The monoisotopic (exact) mass is 322 g/mol. The molecule has 0 aromatic heterocycles. The standard InChI is InChI=1S/C10H12.C6H14.C5H12S/c1-2-3-7-10-8-5-4-6-9-10;1-3-5-6-4-2;1-2-3-4-5-6/h2-6,8-9H,7H2,1H3;3-6H2,1-2H3;6H,2-5H2,1H3/b3-2-;;.